The molecule has 1 amide bonds. The van der Waals surface area contributed by atoms with Crippen LogP contribution < -0.4 is 11.1 Å². The van der Waals surface area contributed by atoms with E-state index in [9.17, 15) is 4.79 Å². The van der Waals surface area contributed by atoms with Gasteiger partial charge in [0.25, 0.3) is 0 Å². The van der Waals surface area contributed by atoms with Gasteiger partial charge in [-0.05, 0) is 36.2 Å². The minimum atomic E-state index is -0.0763. The van der Waals surface area contributed by atoms with E-state index in [1.165, 1.54) is 17.3 Å². The smallest absolute Gasteiger partial charge is 0.234 e. The Hall–Kier alpha value is -1.65. The highest BCUT2D eigenvalue weighted by atomic mass is 35.5. The summed E-state index contributed by atoms with van der Waals surface area (Å²) in [6.07, 6.45) is 0.939. The van der Waals surface area contributed by atoms with Crippen molar-refractivity contribution in [1.29, 1.82) is 0 Å². The Morgan fingerprint density at radius 1 is 1.29 bits per heavy atom. The molecule has 2 rings (SSSR count). The van der Waals surface area contributed by atoms with E-state index in [1.54, 1.807) is 18.2 Å². The summed E-state index contributed by atoms with van der Waals surface area (Å²) >= 11 is 7.42. The Morgan fingerprint density at radius 2 is 2.05 bits per heavy atom. The van der Waals surface area contributed by atoms with Crippen LogP contribution in [0.1, 0.15) is 12.5 Å². The number of nitrogen functional groups attached to an aromatic ring is 1. The summed E-state index contributed by atoms with van der Waals surface area (Å²) in [5, 5.41) is 3.45. The fourth-order valence-corrected chi connectivity index (χ4v) is 3.02. The zero-order valence-electron chi connectivity index (χ0n) is 11.7. The Balaban J connectivity index is 1.96. The molecule has 0 atom stereocenters. The summed E-state index contributed by atoms with van der Waals surface area (Å²) in [4.78, 5) is 12.7. The maximum atomic E-state index is 12.0. The molecule has 0 heterocycles. The van der Waals surface area contributed by atoms with Crippen molar-refractivity contribution in [3.8, 4) is 0 Å². The normalized spacial score (nSPS) is 10.4. The molecular formula is C16H17ClN2OS. The van der Waals surface area contributed by atoms with Gasteiger partial charge >= 0.3 is 0 Å². The summed E-state index contributed by atoms with van der Waals surface area (Å²) in [6.45, 7) is 2.08. The summed E-state index contributed by atoms with van der Waals surface area (Å²) in [5.74, 6) is 0.192. The first kappa shape index (κ1) is 15.7. The van der Waals surface area contributed by atoms with Gasteiger partial charge in [0.05, 0.1) is 10.8 Å². The van der Waals surface area contributed by atoms with Gasteiger partial charge in [-0.3, -0.25) is 4.79 Å². The fraction of sp³-hybridized carbons (Fsp3) is 0.188. The van der Waals surface area contributed by atoms with E-state index in [2.05, 4.69) is 12.2 Å². The van der Waals surface area contributed by atoms with Gasteiger partial charge < -0.3 is 11.1 Å². The van der Waals surface area contributed by atoms with Gasteiger partial charge in [0.15, 0.2) is 0 Å². The lowest BCUT2D eigenvalue weighted by Crippen LogP contribution is -2.14. The number of carbonyl (C=O) groups excluding carboxylic acids is 1. The maximum absolute atomic E-state index is 12.0. The summed E-state index contributed by atoms with van der Waals surface area (Å²) < 4.78 is 0. The number of carbonyl (C=O) groups is 1. The molecule has 0 saturated carbocycles. The molecule has 5 heteroatoms. The lowest BCUT2D eigenvalue weighted by atomic mass is 10.1. The van der Waals surface area contributed by atoms with Crippen LogP contribution in [0, 0.1) is 0 Å². The van der Waals surface area contributed by atoms with Crippen LogP contribution in [-0.4, -0.2) is 11.7 Å². The van der Waals surface area contributed by atoms with E-state index in [-0.39, 0.29) is 11.7 Å². The van der Waals surface area contributed by atoms with Crippen LogP contribution in [0.15, 0.2) is 47.4 Å². The highest BCUT2D eigenvalue weighted by Crippen LogP contribution is 2.32. The molecule has 0 spiro atoms. The van der Waals surface area contributed by atoms with E-state index < -0.39 is 0 Å². The molecule has 3 N–H and O–H groups in total. The molecule has 0 aliphatic rings. The van der Waals surface area contributed by atoms with Crippen LogP contribution in [0.5, 0.6) is 0 Å². The minimum Gasteiger partial charge on any atom is -0.398 e. The third kappa shape index (κ3) is 4.41. The summed E-state index contributed by atoms with van der Waals surface area (Å²) in [5.41, 5.74) is 8.45. The van der Waals surface area contributed by atoms with E-state index in [1.807, 2.05) is 24.3 Å². The second kappa shape index (κ2) is 7.38. The average Bonchev–Trinajstić information content (AvgIpc) is 2.47. The summed E-state index contributed by atoms with van der Waals surface area (Å²) in [6, 6.07) is 13.2. The first-order valence-corrected chi connectivity index (χ1v) is 8.02. The van der Waals surface area contributed by atoms with E-state index >= 15 is 0 Å². The third-order valence-electron chi connectivity index (χ3n) is 2.96. The zero-order valence-corrected chi connectivity index (χ0v) is 13.3. The molecule has 110 valence electrons. The second-order valence-corrected chi connectivity index (χ2v) is 5.94. The molecular weight excluding hydrogens is 304 g/mol. The number of aryl methyl sites for hydroxylation is 1. The van der Waals surface area contributed by atoms with E-state index in [0.29, 0.717) is 10.7 Å². The van der Waals surface area contributed by atoms with Crippen LogP contribution in [0.3, 0.4) is 0 Å². The van der Waals surface area contributed by atoms with Crippen LogP contribution in [0.25, 0.3) is 0 Å². The van der Waals surface area contributed by atoms with Crippen molar-refractivity contribution in [2.24, 2.45) is 0 Å². The molecule has 0 aliphatic heterocycles. The van der Waals surface area contributed by atoms with Crippen LogP contribution in [0.2, 0.25) is 5.02 Å². The average molecular weight is 321 g/mol. The molecule has 0 saturated heterocycles. The Morgan fingerprint density at radius 3 is 2.76 bits per heavy atom. The Labute approximate surface area is 133 Å². The topological polar surface area (TPSA) is 55.1 Å². The third-order valence-corrected chi connectivity index (χ3v) is 4.54. The molecule has 2 aromatic rings. The molecule has 21 heavy (non-hydrogen) atoms. The van der Waals surface area contributed by atoms with Crippen molar-refractivity contribution in [3.63, 3.8) is 0 Å². The number of amides is 1. The van der Waals surface area contributed by atoms with Gasteiger partial charge in [-0.15, -0.1) is 11.8 Å². The molecule has 3 nitrogen and oxygen atoms in total. The van der Waals surface area contributed by atoms with E-state index in [4.69, 9.17) is 17.3 Å². The molecule has 0 aromatic heterocycles. The molecule has 0 aliphatic carbocycles. The number of halogens is 1. The SMILES string of the molecule is CCc1cccc(NC(=O)CSc2c(N)cccc2Cl)c1. The van der Waals surface area contributed by atoms with Crippen molar-refractivity contribution in [2.75, 3.05) is 16.8 Å². The Kier molecular flexibility index (Phi) is 5.53. The number of rotatable bonds is 5. The number of anilines is 2. The Bertz CT molecular complexity index is 626. The van der Waals surface area contributed by atoms with Crippen molar-refractivity contribution >= 4 is 40.6 Å². The van der Waals surface area contributed by atoms with Gasteiger partial charge in [0.1, 0.15) is 0 Å². The number of hydrogen-bond acceptors (Lipinski definition) is 3. The van der Waals surface area contributed by atoms with Crippen LogP contribution >= 0.6 is 23.4 Å². The maximum Gasteiger partial charge on any atom is 0.234 e. The predicted octanol–water partition coefficient (Wildman–Crippen LogP) is 4.22. The van der Waals surface area contributed by atoms with Crippen LogP contribution in [-0.2, 0) is 11.2 Å². The zero-order chi connectivity index (χ0) is 15.2. The number of thioether (sulfide) groups is 1. The lowest BCUT2D eigenvalue weighted by molar-refractivity contribution is -0.113. The molecule has 0 bridgehead atoms. The monoisotopic (exact) mass is 320 g/mol. The standard InChI is InChI=1S/C16H17ClN2OS/c1-2-11-5-3-6-12(9-11)19-15(20)10-21-16-13(17)7-4-8-14(16)18/h3-9H,2,10,18H2,1H3,(H,19,20). The fourth-order valence-electron chi connectivity index (χ4n) is 1.88. The number of nitrogens with two attached hydrogens (primary N) is 1. The number of benzene rings is 2. The molecule has 0 unspecified atom stereocenters. The second-order valence-electron chi connectivity index (χ2n) is 4.55. The summed E-state index contributed by atoms with van der Waals surface area (Å²) in [7, 11) is 0. The highest BCUT2D eigenvalue weighted by Gasteiger charge is 2.09. The number of hydrogen-bond donors (Lipinski definition) is 2. The quantitative estimate of drug-likeness (QED) is 0.640. The molecule has 0 radical (unpaired) electrons. The van der Waals surface area contributed by atoms with Gasteiger partial charge in [0, 0.05) is 16.3 Å². The van der Waals surface area contributed by atoms with Crippen molar-refractivity contribution in [1.82, 2.24) is 0 Å². The lowest BCUT2D eigenvalue weighted by Gasteiger charge is -2.09. The predicted molar refractivity (Wildman–Crippen MR) is 91.0 cm³/mol. The minimum absolute atomic E-state index is 0.0763. The van der Waals surface area contributed by atoms with Gasteiger partial charge in [-0.2, -0.15) is 0 Å². The molecule has 2 aromatic carbocycles. The molecule has 0 fully saturated rings. The van der Waals surface area contributed by atoms with Gasteiger partial charge in [-0.25, -0.2) is 0 Å². The van der Waals surface area contributed by atoms with Gasteiger partial charge in [-0.1, -0.05) is 36.7 Å². The van der Waals surface area contributed by atoms with E-state index in [0.717, 1.165) is 17.0 Å². The number of nitrogens with one attached hydrogen (secondary N) is 1. The van der Waals surface area contributed by atoms with Crippen molar-refractivity contribution < 1.29 is 4.79 Å². The van der Waals surface area contributed by atoms with Gasteiger partial charge in [0.2, 0.25) is 5.91 Å². The van der Waals surface area contributed by atoms with Crippen molar-refractivity contribution in [3.05, 3.63) is 53.1 Å². The first-order chi connectivity index (χ1) is 10.1. The highest BCUT2D eigenvalue weighted by molar-refractivity contribution is 8.00. The van der Waals surface area contributed by atoms with Crippen LogP contribution in [0.4, 0.5) is 11.4 Å². The first-order valence-electron chi connectivity index (χ1n) is 6.65. The van der Waals surface area contributed by atoms with Crippen molar-refractivity contribution in [2.45, 2.75) is 18.2 Å². The largest absolute Gasteiger partial charge is 0.398 e.